The first-order valence-corrected chi connectivity index (χ1v) is 7.96. The van der Waals surface area contributed by atoms with Crippen LogP contribution in [0, 0.1) is 0 Å². The van der Waals surface area contributed by atoms with E-state index in [1.165, 1.54) is 18.6 Å². The first-order valence-electron chi connectivity index (χ1n) is 7.96. The van der Waals surface area contributed by atoms with Crippen molar-refractivity contribution in [3.8, 4) is 0 Å². The molecule has 2 heterocycles. The van der Waals surface area contributed by atoms with Gasteiger partial charge in [-0.2, -0.15) is 5.10 Å². The van der Waals surface area contributed by atoms with Crippen molar-refractivity contribution in [3.63, 3.8) is 0 Å². The Morgan fingerprint density at radius 2 is 1.96 bits per heavy atom. The number of amides is 2. The van der Waals surface area contributed by atoms with E-state index in [2.05, 4.69) is 25.7 Å². The molecule has 27 heavy (non-hydrogen) atoms. The van der Waals surface area contributed by atoms with Gasteiger partial charge in [-0.3, -0.25) is 9.48 Å². The van der Waals surface area contributed by atoms with Crippen LogP contribution >= 0.6 is 0 Å². The third-order valence-corrected chi connectivity index (χ3v) is 3.61. The summed E-state index contributed by atoms with van der Waals surface area (Å²) >= 11 is 0. The Balaban J connectivity index is 1.64. The number of hydrogen-bond acceptors (Lipinski definition) is 6. The SMILES string of the molecule is Nc1nccnc1C(=O)Nc1cnn(Cc2cccc(CNC(=O)O)c2)c1. The summed E-state index contributed by atoms with van der Waals surface area (Å²) in [6.45, 7) is 0.688. The van der Waals surface area contributed by atoms with E-state index < -0.39 is 12.0 Å². The number of carbonyl (C=O) groups excluding carboxylic acids is 1. The second-order valence-corrected chi connectivity index (χ2v) is 5.65. The Morgan fingerprint density at radius 3 is 2.74 bits per heavy atom. The summed E-state index contributed by atoms with van der Waals surface area (Å²) in [6.07, 6.45) is 4.91. The van der Waals surface area contributed by atoms with Crippen LogP contribution in [0.2, 0.25) is 0 Å². The Kier molecular flexibility index (Phi) is 5.26. The first kappa shape index (κ1) is 17.9. The van der Waals surface area contributed by atoms with Gasteiger partial charge in [0.1, 0.15) is 0 Å². The molecule has 3 aromatic rings. The van der Waals surface area contributed by atoms with Crippen molar-refractivity contribution in [2.24, 2.45) is 0 Å². The number of nitrogens with two attached hydrogens (primary N) is 1. The highest BCUT2D eigenvalue weighted by Gasteiger charge is 2.13. The van der Waals surface area contributed by atoms with Crippen molar-refractivity contribution >= 4 is 23.5 Å². The van der Waals surface area contributed by atoms with Gasteiger partial charge in [0.2, 0.25) is 0 Å². The third kappa shape index (κ3) is 4.78. The number of benzene rings is 1. The zero-order valence-corrected chi connectivity index (χ0v) is 14.2. The Labute approximate surface area is 154 Å². The molecule has 2 amide bonds. The monoisotopic (exact) mass is 367 g/mol. The van der Waals surface area contributed by atoms with Gasteiger partial charge in [-0.05, 0) is 11.1 Å². The predicted octanol–water partition coefficient (Wildman–Crippen LogP) is 1.32. The number of carbonyl (C=O) groups is 2. The fourth-order valence-corrected chi connectivity index (χ4v) is 2.43. The van der Waals surface area contributed by atoms with E-state index in [4.69, 9.17) is 10.8 Å². The van der Waals surface area contributed by atoms with Crippen molar-refractivity contribution in [3.05, 3.63) is 65.9 Å². The largest absolute Gasteiger partial charge is 0.465 e. The quantitative estimate of drug-likeness (QED) is 0.513. The van der Waals surface area contributed by atoms with Crippen LogP contribution in [0.4, 0.5) is 16.3 Å². The summed E-state index contributed by atoms with van der Waals surface area (Å²) in [5, 5.41) is 17.9. The fraction of sp³-hybridized carbons (Fsp3) is 0.118. The summed E-state index contributed by atoms with van der Waals surface area (Å²) in [7, 11) is 0. The van der Waals surface area contributed by atoms with E-state index in [1.54, 1.807) is 10.9 Å². The van der Waals surface area contributed by atoms with Crippen molar-refractivity contribution in [2.75, 3.05) is 11.1 Å². The second-order valence-electron chi connectivity index (χ2n) is 5.65. The van der Waals surface area contributed by atoms with Crippen molar-refractivity contribution in [1.29, 1.82) is 0 Å². The molecule has 0 bridgehead atoms. The third-order valence-electron chi connectivity index (χ3n) is 3.61. The summed E-state index contributed by atoms with van der Waals surface area (Å²) in [4.78, 5) is 30.5. The lowest BCUT2D eigenvalue weighted by molar-refractivity contribution is 0.102. The van der Waals surface area contributed by atoms with Crippen molar-refractivity contribution in [2.45, 2.75) is 13.1 Å². The van der Waals surface area contributed by atoms with Gasteiger partial charge in [-0.25, -0.2) is 14.8 Å². The minimum Gasteiger partial charge on any atom is -0.465 e. The Bertz CT molecular complexity index is 970. The molecule has 0 aliphatic carbocycles. The van der Waals surface area contributed by atoms with Crippen molar-refractivity contribution in [1.82, 2.24) is 25.1 Å². The Morgan fingerprint density at radius 1 is 1.19 bits per heavy atom. The van der Waals surface area contributed by atoms with Crippen LogP contribution in [0.5, 0.6) is 0 Å². The molecule has 0 saturated heterocycles. The zero-order chi connectivity index (χ0) is 19.2. The average molecular weight is 367 g/mol. The summed E-state index contributed by atoms with van der Waals surface area (Å²) in [5.74, 6) is -0.420. The van der Waals surface area contributed by atoms with E-state index in [0.717, 1.165) is 11.1 Å². The minimum atomic E-state index is -1.07. The minimum absolute atomic E-state index is 0.0453. The van der Waals surface area contributed by atoms with Crippen LogP contribution in [0.3, 0.4) is 0 Å². The van der Waals surface area contributed by atoms with Gasteiger partial charge in [-0.15, -0.1) is 0 Å². The molecule has 0 aliphatic heterocycles. The molecule has 10 nitrogen and oxygen atoms in total. The van der Waals surface area contributed by atoms with Crippen LogP contribution < -0.4 is 16.4 Å². The lowest BCUT2D eigenvalue weighted by atomic mass is 10.1. The van der Waals surface area contributed by atoms with Gasteiger partial charge >= 0.3 is 6.09 Å². The number of nitrogens with zero attached hydrogens (tertiary/aromatic N) is 4. The number of hydrogen-bond donors (Lipinski definition) is 4. The van der Waals surface area contributed by atoms with Crippen LogP contribution in [-0.2, 0) is 13.1 Å². The molecule has 1 aromatic carbocycles. The molecule has 0 spiro atoms. The Hall–Kier alpha value is -3.95. The fourth-order valence-electron chi connectivity index (χ4n) is 2.43. The highest BCUT2D eigenvalue weighted by molar-refractivity contribution is 6.05. The second kappa shape index (κ2) is 7.95. The molecule has 10 heteroatoms. The van der Waals surface area contributed by atoms with E-state index in [9.17, 15) is 9.59 Å². The summed E-state index contributed by atoms with van der Waals surface area (Å²) in [6, 6.07) is 7.47. The van der Waals surface area contributed by atoms with Gasteiger partial charge in [0, 0.05) is 25.1 Å². The number of aromatic nitrogens is 4. The molecule has 138 valence electrons. The molecule has 0 saturated carbocycles. The molecule has 5 N–H and O–H groups in total. The maximum atomic E-state index is 12.2. The summed E-state index contributed by atoms with van der Waals surface area (Å²) < 4.78 is 1.65. The van der Waals surface area contributed by atoms with E-state index in [-0.39, 0.29) is 18.1 Å². The van der Waals surface area contributed by atoms with Gasteiger partial charge < -0.3 is 21.5 Å². The normalized spacial score (nSPS) is 10.4. The molecule has 0 atom stereocenters. The molecule has 3 rings (SSSR count). The lowest BCUT2D eigenvalue weighted by Crippen LogP contribution is -2.19. The van der Waals surface area contributed by atoms with E-state index in [0.29, 0.717) is 12.2 Å². The number of nitrogens with one attached hydrogen (secondary N) is 2. The number of rotatable bonds is 6. The predicted molar refractivity (Wildman–Crippen MR) is 97.0 cm³/mol. The molecular weight excluding hydrogens is 350 g/mol. The van der Waals surface area contributed by atoms with Gasteiger partial charge in [0.25, 0.3) is 5.91 Å². The topological polar surface area (TPSA) is 148 Å². The van der Waals surface area contributed by atoms with Gasteiger partial charge in [0.15, 0.2) is 11.5 Å². The van der Waals surface area contributed by atoms with E-state index >= 15 is 0 Å². The highest BCUT2D eigenvalue weighted by Crippen LogP contribution is 2.12. The van der Waals surface area contributed by atoms with Crippen LogP contribution in [0.15, 0.2) is 49.1 Å². The summed E-state index contributed by atoms with van der Waals surface area (Å²) in [5.41, 5.74) is 7.97. The molecule has 0 unspecified atom stereocenters. The number of anilines is 2. The highest BCUT2D eigenvalue weighted by atomic mass is 16.4. The van der Waals surface area contributed by atoms with Gasteiger partial charge in [-0.1, -0.05) is 24.3 Å². The van der Waals surface area contributed by atoms with Crippen LogP contribution in [0.1, 0.15) is 21.6 Å². The average Bonchev–Trinajstić information content (AvgIpc) is 3.07. The first-order chi connectivity index (χ1) is 13.0. The standard InChI is InChI=1S/C17H17N7O3/c18-15-14(19-4-5-20-15)16(25)23-13-8-22-24(10-13)9-12-3-1-2-11(6-12)7-21-17(26)27/h1-6,8,10,21H,7,9H2,(H2,18,20)(H,23,25)(H,26,27). The molecule has 0 radical (unpaired) electrons. The molecule has 0 aliphatic rings. The molecule has 2 aromatic heterocycles. The molecule has 0 fully saturated rings. The van der Waals surface area contributed by atoms with E-state index in [1.807, 2.05) is 24.3 Å². The number of nitrogen functional groups attached to an aromatic ring is 1. The van der Waals surface area contributed by atoms with Crippen LogP contribution in [0.25, 0.3) is 0 Å². The maximum Gasteiger partial charge on any atom is 0.404 e. The van der Waals surface area contributed by atoms with Crippen LogP contribution in [-0.4, -0.2) is 36.9 Å². The maximum absolute atomic E-state index is 12.2. The zero-order valence-electron chi connectivity index (χ0n) is 14.2. The molecular formula is C17H17N7O3. The lowest BCUT2D eigenvalue weighted by Gasteiger charge is -2.06. The smallest absolute Gasteiger partial charge is 0.404 e. The number of carboxylic acid groups (broad SMARTS) is 1. The van der Waals surface area contributed by atoms with Gasteiger partial charge in [0.05, 0.1) is 18.4 Å². The van der Waals surface area contributed by atoms with Crippen molar-refractivity contribution < 1.29 is 14.7 Å².